The molecule has 6 heteroatoms. The van der Waals surface area contributed by atoms with Crippen molar-refractivity contribution in [1.82, 2.24) is 10.6 Å². The number of aliphatic imine (C=N–C) groups is 1. The predicted molar refractivity (Wildman–Crippen MR) is 117 cm³/mol. The monoisotopic (exact) mass is 400 g/mol. The summed E-state index contributed by atoms with van der Waals surface area (Å²) in [4.78, 5) is 7.08. The Morgan fingerprint density at radius 2 is 1.93 bits per heavy atom. The van der Waals surface area contributed by atoms with Crippen LogP contribution in [-0.4, -0.2) is 36.7 Å². The molecule has 0 saturated carbocycles. The van der Waals surface area contributed by atoms with Crippen LogP contribution in [0.5, 0.6) is 0 Å². The number of para-hydroxylation sites is 1. The normalized spacial score (nSPS) is 17.5. The van der Waals surface area contributed by atoms with E-state index >= 15 is 0 Å². The number of nitrogens with zero attached hydrogens (tertiary/aromatic N) is 2. The molecule has 1 atom stereocenters. The molecule has 1 fully saturated rings. The highest BCUT2D eigenvalue weighted by molar-refractivity contribution is 6.33. The summed E-state index contributed by atoms with van der Waals surface area (Å²) in [6.45, 7) is 5.34. The largest absolute Gasteiger partial charge is 0.392 e. The van der Waals surface area contributed by atoms with Crippen molar-refractivity contribution < 1.29 is 5.11 Å². The first-order chi connectivity index (χ1) is 13.7. The highest BCUT2D eigenvalue weighted by Crippen LogP contribution is 2.27. The zero-order valence-corrected chi connectivity index (χ0v) is 17.1. The van der Waals surface area contributed by atoms with Gasteiger partial charge in [0.05, 0.1) is 23.9 Å². The molecule has 0 aliphatic carbocycles. The summed E-state index contributed by atoms with van der Waals surface area (Å²) in [5.41, 5.74) is 3.06. The molecule has 0 amide bonds. The van der Waals surface area contributed by atoms with Crippen LogP contribution in [0, 0.1) is 0 Å². The first-order valence-corrected chi connectivity index (χ1v) is 10.3. The summed E-state index contributed by atoms with van der Waals surface area (Å²) >= 11 is 6.39. The molecule has 1 saturated heterocycles. The molecule has 0 spiro atoms. The first-order valence-electron chi connectivity index (χ1n) is 9.93. The van der Waals surface area contributed by atoms with Crippen LogP contribution in [-0.2, 0) is 13.2 Å². The zero-order valence-electron chi connectivity index (χ0n) is 16.4. The van der Waals surface area contributed by atoms with Gasteiger partial charge in [-0.3, -0.25) is 0 Å². The van der Waals surface area contributed by atoms with Crippen LogP contribution in [0.1, 0.15) is 30.9 Å². The molecule has 28 heavy (non-hydrogen) atoms. The minimum atomic E-state index is 0.0328. The lowest BCUT2D eigenvalue weighted by Gasteiger charge is -2.35. The van der Waals surface area contributed by atoms with E-state index in [0.29, 0.717) is 12.6 Å². The lowest BCUT2D eigenvalue weighted by molar-refractivity contribution is 0.280. The third kappa shape index (κ3) is 5.40. The van der Waals surface area contributed by atoms with Crippen molar-refractivity contribution in [2.24, 2.45) is 4.99 Å². The fourth-order valence-electron chi connectivity index (χ4n) is 3.57. The molecular weight excluding hydrogens is 372 g/mol. The molecule has 3 N–H and O–H groups in total. The molecular formula is C22H29ClN4O. The average Bonchev–Trinajstić information content (AvgIpc) is 2.73. The molecule has 150 valence electrons. The van der Waals surface area contributed by atoms with Crippen LogP contribution < -0.4 is 15.5 Å². The van der Waals surface area contributed by atoms with Crippen molar-refractivity contribution in [3.05, 3.63) is 64.7 Å². The first kappa shape index (κ1) is 20.5. The number of piperidine rings is 1. The number of hydrogen-bond donors (Lipinski definition) is 3. The van der Waals surface area contributed by atoms with E-state index in [4.69, 9.17) is 16.6 Å². The molecule has 0 aromatic heterocycles. The SMILES string of the molecule is CCNC(=NCc1ccccc1CO)NC1CCCN(c2ccccc2Cl)C1. The van der Waals surface area contributed by atoms with Gasteiger partial charge in [0.2, 0.25) is 0 Å². The van der Waals surface area contributed by atoms with Crippen LogP contribution in [0.2, 0.25) is 5.02 Å². The van der Waals surface area contributed by atoms with Crippen molar-refractivity contribution in [1.29, 1.82) is 0 Å². The van der Waals surface area contributed by atoms with E-state index in [0.717, 1.165) is 60.3 Å². The van der Waals surface area contributed by atoms with E-state index in [2.05, 4.69) is 28.5 Å². The Labute approximate surface area is 172 Å². The molecule has 5 nitrogen and oxygen atoms in total. The standard InChI is InChI=1S/C22H29ClN4O/c1-2-24-22(25-14-17-8-3-4-9-18(17)16-28)26-19-10-7-13-27(15-19)21-12-6-5-11-20(21)23/h3-6,8-9,11-12,19,28H,2,7,10,13-16H2,1H3,(H2,24,25,26). The van der Waals surface area contributed by atoms with E-state index in [1.165, 1.54) is 0 Å². The van der Waals surface area contributed by atoms with Crippen molar-refractivity contribution in [2.45, 2.75) is 39.0 Å². The van der Waals surface area contributed by atoms with Crippen LogP contribution in [0.15, 0.2) is 53.5 Å². The molecule has 1 unspecified atom stereocenters. The fraction of sp³-hybridized carbons (Fsp3) is 0.409. The molecule has 1 heterocycles. The maximum atomic E-state index is 9.51. The van der Waals surface area contributed by atoms with Gasteiger partial charge in [-0.15, -0.1) is 0 Å². The Hall–Kier alpha value is -2.24. The number of anilines is 1. The number of halogens is 1. The molecule has 3 rings (SSSR count). The zero-order chi connectivity index (χ0) is 19.8. The number of aliphatic hydroxyl groups is 1. The van der Waals surface area contributed by atoms with Gasteiger partial charge in [0.15, 0.2) is 5.96 Å². The smallest absolute Gasteiger partial charge is 0.191 e. The minimum absolute atomic E-state index is 0.0328. The number of hydrogen-bond acceptors (Lipinski definition) is 3. The second-order valence-corrected chi connectivity index (χ2v) is 7.41. The highest BCUT2D eigenvalue weighted by atomic mass is 35.5. The number of guanidine groups is 1. The predicted octanol–water partition coefficient (Wildman–Crippen LogP) is 3.56. The Morgan fingerprint density at radius 1 is 1.18 bits per heavy atom. The van der Waals surface area contributed by atoms with Crippen LogP contribution >= 0.6 is 11.6 Å². The van der Waals surface area contributed by atoms with Crippen molar-refractivity contribution in [3.8, 4) is 0 Å². The summed E-state index contributed by atoms with van der Waals surface area (Å²) in [6, 6.07) is 16.2. The Bertz CT molecular complexity index is 796. The van der Waals surface area contributed by atoms with Crippen molar-refractivity contribution in [3.63, 3.8) is 0 Å². The summed E-state index contributed by atoms with van der Waals surface area (Å²) in [5.74, 6) is 0.807. The Kier molecular flexibility index (Phi) is 7.57. The highest BCUT2D eigenvalue weighted by Gasteiger charge is 2.22. The van der Waals surface area contributed by atoms with Gasteiger partial charge in [0.25, 0.3) is 0 Å². The second kappa shape index (κ2) is 10.3. The van der Waals surface area contributed by atoms with Gasteiger partial charge >= 0.3 is 0 Å². The van der Waals surface area contributed by atoms with Gasteiger partial charge in [-0.05, 0) is 43.0 Å². The molecule has 1 aliphatic rings. The number of benzene rings is 2. The quantitative estimate of drug-likeness (QED) is 0.512. The van der Waals surface area contributed by atoms with Gasteiger partial charge in [-0.25, -0.2) is 4.99 Å². The Morgan fingerprint density at radius 3 is 2.68 bits per heavy atom. The van der Waals surface area contributed by atoms with Gasteiger partial charge in [0, 0.05) is 25.7 Å². The van der Waals surface area contributed by atoms with E-state index in [1.54, 1.807) is 0 Å². The maximum Gasteiger partial charge on any atom is 0.191 e. The third-order valence-corrected chi connectivity index (χ3v) is 5.32. The summed E-state index contributed by atoms with van der Waals surface area (Å²) in [7, 11) is 0. The number of aliphatic hydroxyl groups excluding tert-OH is 1. The molecule has 0 bridgehead atoms. The lowest BCUT2D eigenvalue weighted by atomic mass is 10.0. The number of nitrogens with one attached hydrogen (secondary N) is 2. The third-order valence-electron chi connectivity index (χ3n) is 5.00. The summed E-state index contributed by atoms with van der Waals surface area (Å²) < 4.78 is 0. The van der Waals surface area contributed by atoms with E-state index in [-0.39, 0.29) is 6.61 Å². The average molecular weight is 401 g/mol. The van der Waals surface area contributed by atoms with Crippen molar-refractivity contribution >= 4 is 23.2 Å². The van der Waals surface area contributed by atoms with Gasteiger partial charge < -0.3 is 20.6 Å². The lowest BCUT2D eigenvalue weighted by Crippen LogP contribution is -2.51. The van der Waals surface area contributed by atoms with E-state index in [1.807, 2.05) is 42.5 Å². The van der Waals surface area contributed by atoms with Crippen LogP contribution in [0.3, 0.4) is 0 Å². The second-order valence-electron chi connectivity index (χ2n) is 7.00. The maximum absolute atomic E-state index is 9.51. The molecule has 2 aromatic carbocycles. The molecule has 0 radical (unpaired) electrons. The van der Waals surface area contributed by atoms with E-state index in [9.17, 15) is 5.11 Å². The van der Waals surface area contributed by atoms with Crippen LogP contribution in [0.4, 0.5) is 5.69 Å². The van der Waals surface area contributed by atoms with Gasteiger partial charge in [0.1, 0.15) is 0 Å². The Balaban J connectivity index is 1.67. The van der Waals surface area contributed by atoms with Crippen LogP contribution in [0.25, 0.3) is 0 Å². The van der Waals surface area contributed by atoms with E-state index < -0.39 is 0 Å². The fourth-order valence-corrected chi connectivity index (χ4v) is 3.82. The molecule has 1 aliphatic heterocycles. The minimum Gasteiger partial charge on any atom is -0.392 e. The topological polar surface area (TPSA) is 59.9 Å². The summed E-state index contributed by atoms with van der Waals surface area (Å²) in [5, 5.41) is 17.2. The number of rotatable bonds is 6. The molecule has 2 aromatic rings. The summed E-state index contributed by atoms with van der Waals surface area (Å²) in [6.07, 6.45) is 2.20. The van der Waals surface area contributed by atoms with Gasteiger partial charge in [-0.1, -0.05) is 48.0 Å². The van der Waals surface area contributed by atoms with Crippen molar-refractivity contribution in [2.75, 3.05) is 24.5 Å². The van der Waals surface area contributed by atoms with Gasteiger partial charge in [-0.2, -0.15) is 0 Å².